The number of anilines is 2. The zero-order valence-electron chi connectivity index (χ0n) is 15.9. The van der Waals surface area contributed by atoms with Crippen LogP contribution in [0.25, 0.3) is 21.8 Å². The van der Waals surface area contributed by atoms with E-state index in [9.17, 15) is 9.59 Å². The summed E-state index contributed by atoms with van der Waals surface area (Å²) in [7, 11) is 1.75. The Hall–Kier alpha value is -3.29. The lowest BCUT2D eigenvalue weighted by Gasteiger charge is -2.11. The van der Waals surface area contributed by atoms with E-state index in [4.69, 9.17) is 28.9 Å². The topological polar surface area (TPSA) is 106 Å². The number of carbonyl (C=O) groups excluding carboxylic acids is 1. The number of halogens is 2. The normalized spacial score (nSPS) is 11.2. The molecule has 0 fully saturated rings. The van der Waals surface area contributed by atoms with Crippen molar-refractivity contribution in [3.05, 3.63) is 74.6 Å². The fraction of sp³-hybridized carbons (Fsp3) is 0.0952. The fourth-order valence-electron chi connectivity index (χ4n) is 3.59. The highest BCUT2D eigenvalue weighted by atomic mass is 35.5. The molecule has 4 aromatic rings. The zero-order valence-corrected chi connectivity index (χ0v) is 17.4. The van der Waals surface area contributed by atoms with Gasteiger partial charge in [-0.3, -0.25) is 9.59 Å². The van der Waals surface area contributed by atoms with E-state index in [-0.39, 0.29) is 11.1 Å². The third-order valence-corrected chi connectivity index (χ3v) is 5.52. The summed E-state index contributed by atoms with van der Waals surface area (Å²) in [4.78, 5) is 32.4. The van der Waals surface area contributed by atoms with Crippen LogP contribution in [0.5, 0.6) is 0 Å². The Balaban J connectivity index is 2.01. The Bertz CT molecular complexity index is 1380. The number of aromatic amines is 1. The summed E-state index contributed by atoms with van der Waals surface area (Å²) in [5.41, 5.74) is 7.58. The number of pyridine rings is 1. The van der Waals surface area contributed by atoms with Gasteiger partial charge in [-0.25, -0.2) is 4.98 Å². The number of H-pyrrole nitrogens is 1. The molecule has 0 saturated carbocycles. The number of amides is 1. The lowest BCUT2D eigenvalue weighted by Crippen LogP contribution is -2.21. The molecule has 152 valence electrons. The van der Waals surface area contributed by atoms with E-state index in [0.717, 1.165) is 0 Å². The minimum absolute atomic E-state index is 0.260. The summed E-state index contributed by atoms with van der Waals surface area (Å²) < 4.78 is 1.71. The number of allylic oxidation sites excluding steroid dienone is 1. The first-order chi connectivity index (χ1) is 14.3. The molecule has 0 radical (unpaired) electrons. The molecule has 0 aliphatic heterocycles. The second kappa shape index (κ2) is 7.51. The van der Waals surface area contributed by atoms with Crippen LogP contribution in [-0.2, 0) is 13.5 Å². The molecule has 0 aliphatic rings. The molecular formula is C21H17Cl2N5O2. The molecular weight excluding hydrogens is 425 g/mol. The van der Waals surface area contributed by atoms with Crippen LogP contribution in [0.4, 0.5) is 11.6 Å². The number of nitrogens with zero attached hydrogens (tertiary/aromatic N) is 2. The Morgan fingerprint density at radius 1 is 1.30 bits per heavy atom. The second-order valence-corrected chi connectivity index (χ2v) is 7.55. The van der Waals surface area contributed by atoms with Crippen molar-refractivity contribution in [2.45, 2.75) is 6.42 Å². The molecule has 0 aliphatic carbocycles. The van der Waals surface area contributed by atoms with Crippen LogP contribution in [0.3, 0.4) is 0 Å². The van der Waals surface area contributed by atoms with Gasteiger partial charge in [-0.2, -0.15) is 0 Å². The number of nitrogens with two attached hydrogens (primary N) is 1. The van der Waals surface area contributed by atoms with Crippen molar-refractivity contribution >= 4 is 62.6 Å². The third kappa shape index (κ3) is 3.12. The zero-order chi connectivity index (χ0) is 21.6. The molecule has 0 spiro atoms. The quantitative estimate of drug-likeness (QED) is 0.401. The summed E-state index contributed by atoms with van der Waals surface area (Å²) in [5, 5.41) is 4.77. The molecule has 0 unspecified atom stereocenters. The van der Waals surface area contributed by atoms with E-state index in [2.05, 4.69) is 21.9 Å². The summed E-state index contributed by atoms with van der Waals surface area (Å²) in [6, 6.07) is 8.57. The molecule has 1 amide bonds. The fourth-order valence-corrected chi connectivity index (χ4v) is 4.08. The summed E-state index contributed by atoms with van der Waals surface area (Å²) >= 11 is 12.5. The number of imidazole rings is 1. The van der Waals surface area contributed by atoms with Crippen LogP contribution in [0, 0.1) is 0 Å². The summed E-state index contributed by atoms with van der Waals surface area (Å²) in [6.07, 6.45) is 1.91. The van der Waals surface area contributed by atoms with Crippen LogP contribution in [0.15, 0.2) is 47.8 Å². The average molecular weight is 442 g/mol. The maximum absolute atomic E-state index is 12.9. The first kappa shape index (κ1) is 20.0. The Kier molecular flexibility index (Phi) is 5.01. The lowest BCUT2D eigenvalue weighted by molar-refractivity contribution is 0.100. The van der Waals surface area contributed by atoms with E-state index >= 15 is 0 Å². The van der Waals surface area contributed by atoms with Gasteiger partial charge in [-0.1, -0.05) is 41.4 Å². The van der Waals surface area contributed by atoms with Crippen molar-refractivity contribution in [3.63, 3.8) is 0 Å². The largest absolute Gasteiger partial charge is 0.366 e. The van der Waals surface area contributed by atoms with E-state index in [1.807, 2.05) is 0 Å². The number of fused-ring (bicyclic) bond motifs is 3. The molecule has 30 heavy (non-hydrogen) atoms. The Morgan fingerprint density at radius 2 is 2.00 bits per heavy atom. The number of hydrogen-bond donors (Lipinski definition) is 3. The van der Waals surface area contributed by atoms with Crippen LogP contribution in [0.2, 0.25) is 10.0 Å². The second-order valence-electron chi connectivity index (χ2n) is 6.74. The van der Waals surface area contributed by atoms with Gasteiger partial charge >= 0.3 is 0 Å². The van der Waals surface area contributed by atoms with Gasteiger partial charge in [0.1, 0.15) is 0 Å². The Morgan fingerprint density at radius 3 is 2.63 bits per heavy atom. The maximum atomic E-state index is 12.9. The Labute approximate surface area is 181 Å². The van der Waals surface area contributed by atoms with Crippen molar-refractivity contribution in [2.75, 3.05) is 5.32 Å². The minimum atomic E-state index is -0.629. The molecule has 0 atom stereocenters. The lowest BCUT2D eigenvalue weighted by atomic mass is 10.0. The number of benzene rings is 2. The highest BCUT2D eigenvalue weighted by molar-refractivity contribution is 6.39. The standard InChI is InChI=1S/C21H17Cl2N5O2/c1-3-5-13-15(19(24)29)10-8-9-14-18(16(10)20(30)25-13)28(2)21(26-14)27-17-11(22)6-4-7-12(17)23/h3-4,6-9H,1,5H2,2H3,(H2,24,29)(H,25,30)(H,26,27). The highest BCUT2D eigenvalue weighted by Crippen LogP contribution is 2.34. The van der Waals surface area contributed by atoms with Crippen molar-refractivity contribution in [2.24, 2.45) is 12.8 Å². The van der Waals surface area contributed by atoms with Crippen molar-refractivity contribution in [1.82, 2.24) is 14.5 Å². The van der Waals surface area contributed by atoms with Gasteiger partial charge < -0.3 is 20.6 Å². The monoisotopic (exact) mass is 441 g/mol. The number of hydrogen-bond acceptors (Lipinski definition) is 4. The molecule has 2 aromatic heterocycles. The predicted molar refractivity (Wildman–Crippen MR) is 121 cm³/mol. The molecule has 4 rings (SSSR count). The predicted octanol–water partition coefficient (Wildman–Crippen LogP) is 4.29. The number of nitrogens with one attached hydrogen (secondary N) is 2. The van der Waals surface area contributed by atoms with Gasteiger partial charge in [0.25, 0.3) is 11.5 Å². The first-order valence-electron chi connectivity index (χ1n) is 8.99. The van der Waals surface area contributed by atoms with Crippen molar-refractivity contribution in [1.29, 1.82) is 0 Å². The summed E-state index contributed by atoms with van der Waals surface area (Å²) in [6.45, 7) is 3.67. The van der Waals surface area contributed by atoms with Gasteiger partial charge in [0.2, 0.25) is 5.95 Å². The number of carbonyl (C=O) groups is 1. The van der Waals surface area contributed by atoms with Crippen LogP contribution in [-0.4, -0.2) is 20.4 Å². The van der Waals surface area contributed by atoms with Crippen LogP contribution in [0.1, 0.15) is 16.1 Å². The molecule has 2 aromatic carbocycles. The average Bonchev–Trinajstić information content (AvgIpc) is 3.00. The van der Waals surface area contributed by atoms with Crippen molar-refractivity contribution in [3.8, 4) is 0 Å². The molecule has 7 nitrogen and oxygen atoms in total. The van der Waals surface area contributed by atoms with Gasteiger partial charge in [0, 0.05) is 24.5 Å². The number of aromatic nitrogens is 3. The molecule has 2 heterocycles. The smallest absolute Gasteiger partial charge is 0.258 e. The number of rotatable bonds is 5. The summed E-state index contributed by atoms with van der Waals surface area (Å²) in [5.74, 6) is -0.196. The van der Waals surface area contributed by atoms with Gasteiger partial charge in [-0.15, -0.1) is 6.58 Å². The molecule has 0 saturated heterocycles. The first-order valence-corrected chi connectivity index (χ1v) is 9.75. The SMILES string of the molecule is C=CCc1[nH]c(=O)c2c(ccc3nc(Nc4c(Cl)cccc4Cl)n(C)c32)c1C(N)=O. The highest BCUT2D eigenvalue weighted by Gasteiger charge is 2.20. The van der Waals surface area contributed by atoms with Gasteiger partial charge in [-0.05, 0) is 18.2 Å². The van der Waals surface area contributed by atoms with Gasteiger partial charge in [0.15, 0.2) is 0 Å². The minimum Gasteiger partial charge on any atom is -0.366 e. The van der Waals surface area contributed by atoms with Gasteiger partial charge in [0.05, 0.1) is 37.7 Å². The third-order valence-electron chi connectivity index (χ3n) is 4.89. The van der Waals surface area contributed by atoms with E-state index in [1.54, 1.807) is 48.0 Å². The maximum Gasteiger partial charge on any atom is 0.258 e. The van der Waals surface area contributed by atoms with E-state index in [1.165, 1.54) is 0 Å². The van der Waals surface area contributed by atoms with Crippen LogP contribution < -0.4 is 16.6 Å². The number of para-hydroxylation sites is 1. The molecule has 0 bridgehead atoms. The molecule has 9 heteroatoms. The number of aryl methyl sites for hydroxylation is 1. The van der Waals surface area contributed by atoms with E-state index in [0.29, 0.717) is 55.6 Å². The van der Waals surface area contributed by atoms with Crippen LogP contribution >= 0.6 is 23.2 Å². The van der Waals surface area contributed by atoms with Crippen molar-refractivity contribution < 1.29 is 4.79 Å². The number of primary amides is 1. The molecule has 4 N–H and O–H groups in total. The van der Waals surface area contributed by atoms with E-state index < -0.39 is 5.91 Å².